The summed E-state index contributed by atoms with van der Waals surface area (Å²) >= 11 is 0. The summed E-state index contributed by atoms with van der Waals surface area (Å²) in [4.78, 5) is 20.1. The van der Waals surface area contributed by atoms with Gasteiger partial charge in [-0.25, -0.2) is 4.79 Å². The molecule has 24 heavy (non-hydrogen) atoms. The van der Waals surface area contributed by atoms with Gasteiger partial charge < -0.3 is 22.1 Å². The van der Waals surface area contributed by atoms with Crippen molar-refractivity contribution < 1.29 is 27.4 Å². The monoisotopic (exact) mass is 355 g/mol. The Kier molecular flexibility index (Phi) is 9.82. The smallest absolute Gasteiger partial charge is 0.365 e. The van der Waals surface area contributed by atoms with Gasteiger partial charge in [0.1, 0.15) is 6.61 Å². The number of aryl methyl sites for hydroxylation is 1. The lowest BCUT2D eigenvalue weighted by molar-refractivity contribution is -0.635. The zero-order chi connectivity index (χ0) is 17.5. The Morgan fingerprint density at radius 3 is 2.54 bits per heavy atom. The molecule has 0 heterocycles. The van der Waals surface area contributed by atoms with Gasteiger partial charge in [0.05, 0.1) is 5.54 Å². The molecule has 0 saturated heterocycles. The van der Waals surface area contributed by atoms with Crippen LogP contribution in [0.5, 0.6) is 0 Å². The van der Waals surface area contributed by atoms with E-state index in [0.717, 1.165) is 24.1 Å². The van der Waals surface area contributed by atoms with Gasteiger partial charge in [0.25, 0.3) is 0 Å². The number of primary amides is 1. The van der Waals surface area contributed by atoms with Crippen molar-refractivity contribution >= 4 is 11.6 Å². The fourth-order valence-electron chi connectivity index (χ4n) is 1.89. The average molecular weight is 356 g/mol. The molecular formula is C18H30ClN3O2. The van der Waals surface area contributed by atoms with E-state index in [-0.39, 0.29) is 23.9 Å². The van der Waals surface area contributed by atoms with Crippen LogP contribution in [0.4, 0.5) is 0 Å². The van der Waals surface area contributed by atoms with Crippen molar-refractivity contribution in [1.82, 2.24) is 4.90 Å². The van der Waals surface area contributed by atoms with Crippen LogP contribution in [0, 0.1) is 6.92 Å². The number of nitrogens with zero attached hydrogens (tertiary/aromatic N) is 2. The lowest BCUT2D eigenvalue weighted by Gasteiger charge is -2.19. The van der Waals surface area contributed by atoms with E-state index < -0.39 is 0 Å². The van der Waals surface area contributed by atoms with Crippen molar-refractivity contribution in [3.63, 3.8) is 0 Å². The molecule has 0 unspecified atom stereocenters. The van der Waals surface area contributed by atoms with E-state index in [1.165, 1.54) is 0 Å². The highest BCUT2D eigenvalue weighted by Gasteiger charge is 2.28. The topological polar surface area (TPSA) is 58.5 Å². The Morgan fingerprint density at radius 2 is 2.00 bits per heavy atom. The molecule has 2 N–H and O–H groups in total. The van der Waals surface area contributed by atoms with Gasteiger partial charge in [-0.15, -0.1) is 0 Å². The van der Waals surface area contributed by atoms with Crippen molar-refractivity contribution in [2.75, 3.05) is 27.2 Å². The molecule has 5 nitrogen and oxygen atoms in total. The zero-order valence-electron chi connectivity index (χ0n) is 15.6. The lowest BCUT2D eigenvalue weighted by atomic mass is 10.0. The Morgan fingerprint density at radius 1 is 1.33 bits per heavy atom. The normalized spacial score (nSPS) is 12.0. The van der Waals surface area contributed by atoms with Crippen molar-refractivity contribution in [2.24, 2.45) is 5.16 Å². The van der Waals surface area contributed by atoms with E-state index >= 15 is 0 Å². The Hall–Kier alpha value is -1.43. The van der Waals surface area contributed by atoms with Crippen LogP contribution in [-0.2, 0) is 9.63 Å². The van der Waals surface area contributed by atoms with E-state index in [9.17, 15) is 4.79 Å². The highest BCUT2D eigenvalue weighted by molar-refractivity contribution is 6.41. The molecule has 0 fully saturated rings. The summed E-state index contributed by atoms with van der Waals surface area (Å²) < 4.78 is 0. The first-order valence-corrected chi connectivity index (χ1v) is 8.07. The summed E-state index contributed by atoms with van der Waals surface area (Å²) in [5, 5.41) is 5.87. The summed E-state index contributed by atoms with van der Waals surface area (Å²) in [6, 6.07) is 7.78. The Labute approximate surface area is 151 Å². The van der Waals surface area contributed by atoms with Crippen molar-refractivity contribution in [3.05, 3.63) is 35.4 Å². The number of hydrogen-bond donors (Lipinski definition) is 1. The standard InChI is InChI=1S/C18H29N3O2.ClH/c1-7-18(3,4)19-17(22)16(20-23-12-11-21(5)6)15-10-8-9-14(2)13-15;/h8-10,13H,7,11-12H2,1-6H3,(H,19,22);1H/b20-16+;. The van der Waals surface area contributed by atoms with Crippen LogP contribution in [0.1, 0.15) is 38.3 Å². The maximum atomic E-state index is 12.7. The van der Waals surface area contributed by atoms with Gasteiger partial charge in [-0.05, 0) is 47.4 Å². The molecule has 1 rings (SSSR count). The third-order valence-corrected chi connectivity index (χ3v) is 3.74. The number of rotatable bonds is 8. The summed E-state index contributed by atoms with van der Waals surface area (Å²) in [7, 11) is 3.94. The van der Waals surface area contributed by atoms with Gasteiger partial charge >= 0.3 is 5.91 Å². The number of quaternary nitrogens is 1. The molecule has 0 aliphatic heterocycles. The van der Waals surface area contributed by atoms with Crippen LogP contribution >= 0.6 is 0 Å². The van der Waals surface area contributed by atoms with Crippen LogP contribution in [0.15, 0.2) is 29.4 Å². The number of carbonyl (C=O) groups excluding carboxylic acids is 1. The third kappa shape index (κ3) is 7.90. The largest absolute Gasteiger partial charge is 1.00 e. The SMILES string of the molecule is CCC(C)(C)[NH2+]C(=O)/C(=N/OCCN(C)C)c1cccc(C)c1.[Cl-]. The molecule has 0 aliphatic carbocycles. The van der Waals surface area contributed by atoms with E-state index in [1.807, 2.05) is 64.0 Å². The Bertz CT molecular complexity index is 557. The molecule has 0 aromatic heterocycles. The lowest BCUT2D eigenvalue weighted by Crippen LogP contribution is -3.00. The number of amides is 1. The van der Waals surface area contributed by atoms with E-state index in [0.29, 0.717) is 12.3 Å². The van der Waals surface area contributed by atoms with Gasteiger partial charge in [0, 0.05) is 12.1 Å². The summed E-state index contributed by atoms with van der Waals surface area (Å²) in [5.41, 5.74) is 2.09. The van der Waals surface area contributed by atoms with Crippen LogP contribution < -0.4 is 17.7 Å². The van der Waals surface area contributed by atoms with E-state index in [1.54, 1.807) is 5.32 Å². The highest BCUT2D eigenvalue weighted by Crippen LogP contribution is 2.07. The van der Waals surface area contributed by atoms with Crippen LogP contribution in [-0.4, -0.2) is 49.3 Å². The quantitative estimate of drug-likeness (QED) is 0.353. The summed E-state index contributed by atoms with van der Waals surface area (Å²) in [6.45, 7) is 9.37. The zero-order valence-corrected chi connectivity index (χ0v) is 16.4. The number of hydrogen-bond acceptors (Lipinski definition) is 4. The fraction of sp³-hybridized carbons (Fsp3) is 0.556. The molecular weight excluding hydrogens is 326 g/mol. The molecule has 0 radical (unpaired) electrons. The number of carbonyl (C=O) groups is 1. The van der Waals surface area contributed by atoms with Gasteiger partial charge in [-0.3, -0.25) is 5.32 Å². The second-order valence-corrected chi connectivity index (χ2v) is 6.80. The third-order valence-electron chi connectivity index (χ3n) is 3.74. The van der Waals surface area contributed by atoms with Gasteiger partial charge in [-0.2, -0.15) is 0 Å². The molecule has 0 bridgehead atoms. The molecule has 0 aliphatic rings. The van der Waals surface area contributed by atoms with Crippen LogP contribution in [0.2, 0.25) is 0 Å². The number of benzene rings is 1. The van der Waals surface area contributed by atoms with Crippen LogP contribution in [0.3, 0.4) is 0 Å². The minimum atomic E-state index is -0.161. The molecule has 0 atom stereocenters. The second-order valence-electron chi connectivity index (χ2n) is 6.80. The number of oxime groups is 1. The average Bonchev–Trinajstić information content (AvgIpc) is 2.46. The first-order chi connectivity index (χ1) is 10.7. The van der Waals surface area contributed by atoms with Crippen molar-refractivity contribution in [1.29, 1.82) is 0 Å². The minimum Gasteiger partial charge on any atom is -1.00 e. The minimum absolute atomic E-state index is 0. The number of nitrogens with two attached hydrogens (primary N) is 1. The first-order valence-electron chi connectivity index (χ1n) is 8.07. The first kappa shape index (κ1) is 22.6. The van der Waals surface area contributed by atoms with Crippen molar-refractivity contribution in [2.45, 2.75) is 39.7 Å². The molecule has 1 amide bonds. The maximum Gasteiger partial charge on any atom is 0.365 e. The second kappa shape index (κ2) is 10.4. The molecule has 1 aromatic carbocycles. The van der Waals surface area contributed by atoms with E-state index in [4.69, 9.17) is 4.84 Å². The van der Waals surface area contributed by atoms with Gasteiger partial charge in [0.15, 0.2) is 0 Å². The van der Waals surface area contributed by atoms with Crippen LogP contribution in [0.25, 0.3) is 0 Å². The predicted octanol–water partition coefficient (Wildman–Crippen LogP) is -1.44. The molecule has 0 spiro atoms. The number of likely N-dealkylation sites (N-methyl/N-ethyl adjacent to an activating group) is 1. The molecule has 0 saturated carbocycles. The van der Waals surface area contributed by atoms with Gasteiger partial charge in [0.2, 0.25) is 5.71 Å². The number of halogens is 1. The Balaban J connectivity index is 0.00000529. The van der Waals surface area contributed by atoms with E-state index in [2.05, 4.69) is 12.1 Å². The predicted molar refractivity (Wildman–Crippen MR) is 93.5 cm³/mol. The summed E-state index contributed by atoms with van der Waals surface area (Å²) in [6.07, 6.45) is 0.890. The van der Waals surface area contributed by atoms with Gasteiger partial charge in [-0.1, -0.05) is 35.8 Å². The molecule has 1 aromatic rings. The highest BCUT2D eigenvalue weighted by atomic mass is 35.5. The summed E-state index contributed by atoms with van der Waals surface area (Å²) in [5.74, 6) is -0.0905. The van der Waals surface area contributed by atoms with Crippen molar-refractivity contribution in [3.8, 4) is 0 Å². The molecule has 136 valence electrons. The maximum absolute atomic E-state index is 12.7. The fourth-order valence-corrected chi connectivity index (χ4v) is 1.89. The molecule has 6 heteroatoms.